The van der Waals surface area contributed by atoms with E-state index < -0.39 is 0 Å². The summed E-state index contributed by atoms with van der Waals surface area (Å²) < 4.78 is 13.8. The van der Waals surface area contributed by atoms with Gasteiger partial charge in [0.2, 0.25) is 0 Å². The van der Waals surface area contributed by atoms with Gasteiger partial charge in [-0.2, -0.15) is 0 Å². The highest BCUT2D eigenvalue weighted by Gasteiger charge is 2.39. The van der Waals surface area contributed by atoms with Crippen LogP contribution >= 0.6 is 0 Å². The number of hydrogen-bond acceptors (Lipinski definition) is 2. The second kappa shape index (κ2) is 13.2. The molecule has 3 aromatic rings. The van der Waals surface area contributed by atoms with Crippen LogP contribution in [0.3, 0.4) is 0 Å². The number of allylic oxidation sites excluding steroid dienone is 1. The Kier molecular flexibility index (Phi) is 9.67. The molecular formula is C37H43FN2. The number of nitrogens with zero attached hydrogens (tertiary/aromatic N) is 1. The second-order valence-electron chi connectivity index (χ2n) is 11.5. The van der Waals surface area contributed by atoms with Crippen LogP contribution in [0.4, 0.5) is 10.1 Å². The maximum absolute atomic E-state index is 13.8. The molecular weight excluding hydrogens is 491 g/mol. The molecule has 2 fully saturated rings. The molecule has 2 aliphatic rings. The van der Waals surface area contributed by atoms with Gasteiger partial charge in [-0.3, -0.25) is 0 Å². The standard InChI is InChI=1S/C35H39FN2.C2H4/c1-5-28-7-6-8-31(22-28)30-11-13-32(14-12-30)35(17-19-38(20-18-35)24-29-9-10-29)23-26(3)27(4)37-33-15-16-34(36)25(2)21-33;1-2/h1,6-8,11-16,21-22,26,29,37H,4,9-10,17-20,23-24H2,2-3H3;1-2H2. The van der Waals surface area contributed by atoms with Gasteiger partial charge in [0.25, 0.3) is 0 Å². The van der Waals surface area contributed by atoms with Crippen LogP contribution in [-0.4, -0.2) is 24.5 Å². The molecule has 1 atom stereocenters. The van der Waals surface area contributed by atoms with Gasteiger partial charge in [-0.05, 0) is 122 Å². The molecule has 2 nitrogen and oxygen atoms in total. The molecule has 208 valence electrons. The quantitative estimate of drug-likeness (QED) is 0.218. The lowest BCUT2D eigenvalue weighted by molar-refractivity contribution is 0.139. The molecule has 40 heavy (non-hydrogen) atoms. The van der Waals surface area contributed by atoms with Crippen LogP contribution in [0.25, 0.3) is 11.1 Å². The summed E-state index contributed by atoms with van der Waals surface area (Å²) in [5.41, 5.74) is 7.29. The Balaban J connectivity index is 0.00000181. The minimum atomic E-state index is -0.180. The summed E-state index contributed by atoms with van der Waals surface area (Å²) in [7, 11) is 0. The Bertz CT molecular complexity index is 1340. The molecule has 0 amide bonds. The molecule has 0 bridgehead atoms. The first kappa shape index (κ1) is 29.4. The molecule has 0 aromatic heterocycles. The molecule has 1 aliphatic carbocycles. The Hall–Kier alpha value is -3.61. The van der Waals surface area contributed by atoms with Crippen LogP contribution < -0.4 is 5.32 Å². The third-order valence-corrected chi connectivity index (χ3v) is 8.64. The summed E-state index contributed by atoms with van der Waals surface area (Å²) in [6.07, 6.45) is 11.8. The first-order valence-electron chi connectivity index (χ1n) is 14.5. The summed E-state index contributed by atoms with van der Waals surface area (Å²) in [5.74, 6) is 3.75. The number of nitrogens with one attached hydrogen (secondary N) is 1. The van der Waals surface area contributed by atoms with Crippen LogP contribution in [0.15, 0.2) is 92.2 Å². The highest BCUT2D eigenvalue weighted by atomic mass is 19.1. The zero-order chi connectivity index (χ0) is 28.7. The molecule has 1 unspecified atom stereocenters. The third kappa shape index (κ3) is 7.12. The normalized spacial score (nSPS) is 17.1. The number of anilines is 1. The van der Waals surface area contributed by atoms with Crippen molar-refractivity contribution in [2.45, 2.75) is 51.4 Å². The largest absolute Gasteiger partial charge is 0.359 e. The SMILES string of the molecule is C#Cc1cccc(-c2ccc(C3(CC(C)C(=C)Nc4ccc(F)c(C)c4)CCN(CC4CC4)CC3)cc2)c1.C=C. The predicted molar refractivity (Wildman–Crippen MR) is 169 cm³/mol. The Labute approximate surface area is 241 Å². The van der Waals surface area contributed by atoms with Gasteiger partial charge in [-0.1, -0.05) is 55.8 Å². The van der Waals surface area contributed by atoms with Crippen molar-refractivity contribution in [1.82, 2.24) is 4.90 Å². The molecule has 5 rings (SSSR count). The number of benzene rings is 3. The Morgan fingerprint density at radius 2 is 1.75 bits per heavy atom. The monoisotopic (exact) mass is 534 g/mol. The fourth-order valence-electron chi connectivity index (χ4n) is 5.98. The van der Waals surface area contributed by atoms with Gasteiger partial charge in [-0.25, -0.2) is 4.39 Å². The van der Waals surface area contributed by atoms with Crippen LogP contribution in [0.5, 0.6) is 0 Å². The molecule has 1 N–H and O–H groups in total. The van der Waals surface area contributed by atoms with E-state index in [9.17, 15) is 4.39 Å². The van der Waals surface area contributed by atoms with Gasteiger partial charge in [0, 0.05) is 23.5 Å². The Morgan fingerprint density at radius 1 is 1.05 bits per heavy atom. The van der Waals surface area contributed by atoms with E-state index in [1.165, 1.54) is 36.6 Å². The van der Waals surface area contributed by atoms with Crippen molar-refractivity contribution in [2.24, 2.45) is 11.8 Å². The second-order valence-corrected chi connectivity index (χ2v) is 11.5. The van der Waals surface area contributed by atoms with Crippen molar-refractivity contribution in [2.75, 3.05) is 25.0 Å². The number of aryl methyl sites for hydroxylation is 1. The van der Waals surface area contributed by atoms with Crippen LogP contribution in [0.1, 0.15) is 55.7 Å². The lowest BCUT2D eigenvalue weighted by Crippen LogP contribution is -2.44. The molecule has 1 saturated heterocycles. The summed E-state index contributed by atoms with van der Waals surface area (Å²) in [6.45, 7) is 18.0. The van der Waals surface area contributed by atoms with Gasteiger partial charge in [0.05, 0.1) is 0 Å². The third-order valence-electron chi connectivity index (χ3n) is 8.64. The van der Waals surface area contributed by atoms with Crippen molar-refractivity contribution in [3.8, 4) is 23.5 Å². The average molecular weight is 535 g/mol. The molecule has 1 saturated carbocycles. The van der Waals surface area contributed by atoms with E-state index in [0.717, 1.165) is 60.8 Å². The fraction of sp³-hybridized carbons (Fsp3) is 0.351. The summed E-state index contributed by atoms with van der Waals surface area (Å²) in [5, 5.41) is 3.46. The highest BCUT2D eigenvalue weighted by Crippen LogP contribution is 2.43. The molecule has 0 radical (unpaired) electrons. The smallest absolute Gasteiger partial charge is 0.126 e. The minimum absolute atomic E-state index is 0.0992. The first-order chi connectivity index (χ1) is 19.3. The number of halogens is 1. The lowest BCUT2D eigenvalue weighted by Gasteiger charge is -2.44. The predicted octanol–water partition coefficient (Wildman–Crippen LogP) is 8.98. The van der Waals surface area contributed by atoms with Crippen LogP contribution in [0.2, 0.25) is 0 Å². The van der Waals surface area contributed by atoms with Crippen molar-refractivity contribution >= 4 is 5.69 Å². The van der Waals surface area contributed by atoms with Crippen molar-refractivity contribution < 1.29 is 4.39 Å². The van der Waals surface area contributed by atoms with Crippen molar-refractivity contribution in [1.29, 1.82) is 0 Å². The van der Waals surface area contributed by atoms with Gasteiger partial charge in [0.1, 0.15) is 5.82 Å². The van der Waals surface area contributed by atoms with Gasteiger partial charge < -0.3 is 10.2 Å². The minimum Gasteiger partial charge on any atom is -0.359 e. The fourth-order valence-corrected chi connectivity index (χ4v) is 5.98. The molecule has 3 aromatic carbocycles. The van der Waals surface area contributed by atoms with E-state index in [2.05, 4.69) is 79.2 Å². The van der Waals surface area contributed by atoms with E-state index in [4.69, 9.17) is 6.42 Å². The number of piperidine rings is 1. The zero-order valence-electron chi connectivity index (χ0n) is 24.2. The van der Waals surface area contributed by atoms with E-state index in [1.807, 2.05) is 18.2 Å². The first-order valence-corrected chi connectivity index (χ1v) is 14.5. The summed E-state index contributed by atoms with van der Waals surface area (Å²) in [6, 6.07) is 22.5. The van der Waals surface area contributed by atoms with Crippen LogP contribution in [-0.2, 0) is 5.41 Å². The summed E-state index contributed by atoms with van der Waals surface area (Å²) >= 11 is 0. The Morgan fingerprint density at radius 3 is 2.38 bits per heavy atom. The van der Waals surface area contributed by atoms with E-state index >= 15 is 0 Å². The molecule has 0 spiro atoms. The highest BCUT2D eigenvalue weighted by molar-refractivity contribution is 5.66. The van der Waals surface area contributed by atoms with Gasteiger partial charge in [0.15, 0.2) is 0 Å². The summed E-state index contributed by atoms with van der Waals surface area (Å²) in [4.78, 5) is 2.68. The lowest BCUT2D eigenvalue weighted by atomic mass is 9.67. The van der Waals surface area contributed by atoms with Crippen molar-refractivity contribution in [3.05, 3.63) is 115 Å². The zero-order valence-corrected chi connectivity index (χ0v) is 24.2. The number of likely N-dealkylation sites (tertiary alicyclic amines) is 1. The van der Waals surface area contributed by atoms with E-state index in [0.29, 0.717) is 5.56 Å². The maximum atomic E-state index is 13.8. The maximum Gasteiger partial charge on any atom is 0.126 e. The molecule has 1 heterocycles. The molecule has 1 aliphatic heterocycles. The number of hydrogen-bond donors (Lipinski definition) is 1. The van der Waals surface area contributed by atoms with Crippen molar-refractivity contribution in [3.63, 3.8) is 0 Å². The number of rotatable bonds is 9. The van der Waals surface area contributed by atoms with E-state index in [1.54, 1.807) is 13.0 Å². The van der Waals surface area contributed by atoms with E-state index in [-0.39, 0.29) is 17.2 Å². The number of terminal acetylenes is 1. The van der Waals surface area contributed by atoms with Gasteiger partial charge in [-0.15, -0.1) is 19.6 Å². The topological polar surface area (TPSA) is 15.3 Å². The van der Waals surface area contributed by atoms with Gasteiger partial charge >= 0.3 is 0 Å². The average Bonchev–Trinajstić information content (AvgIpc) is 3.81. The molecule has 3 heteroatoms. The van der Waals surface area contributed by atoms with Crippen LogP contribution in [0, 0.1) is 36.9 Å².